The maximum absolute atomic E-state index is 13.0. The molecule has 1 aromatic heterocycles. The molecule has 0 spiro atoms. The van der Waals surface area contributed by atoms with Crippen molar-refractivity contribution in [2.75, 3.05) is 0 Å². The molecule has 2 amide bonds. The number of rotatable bonds is 7. The summed E-state index contributed by atoms with van der Waals surface area (Å²) in [5.74, 6) is -0.227. The van der Waals surface area contributed by atoms with Crippen LogP contribution < -0.4 is 10.6 Å². The number of amides is 2. The third kappa shape index (κ3) is 5.75. The second kappa shape index (κ2) is 10.9. The van der Waals surface area contributed by atoms with Crippen LogP contribution in [0.15, 0.2) is 54.7 Å². The number of aliphatic hydroxyl groups excluding tert-OH is 1. The molecule has 0 radical (unpaired) electrons. The molecule has 4 rings (SSSR count). The van der Waals surface area contributed by atoms with Crippen molar-refractivity contribution < 1.29 is 14.7 Å². The molecule has 35 heavy (non-hydrogen) atoms. The van der Waals surface area contributed by atoms with Gasteiger partial charge in [0.1, 0.15) is 0 Å². The average molecular weight is 478 g/mol. The van der Waals surface area contributed by atoms with Gasteiger partial charge in [-0.15, -0.1) is 0 Å². The van der Waals surface area contributed by atoms with E-state index in [1.54, 1.807) is 6.20 Å². The summed E-state index contributed by atoms with van der Waals surface area (Å²) in [5.41, 5.74) is 1.85. The van der Waals surface area contributed by atoms with Gasteiger partial charge in [-0.05, 0) is 66.5 Å². The Morgan fingerprint density at radius 1 is 1.11 bits per heavy atom. The standard InChI is InChI=1S/C29H39N3O3/c1-19(28(35)31-18-22-11-7-8-16-30-22)23-12-14-29(3)15-13-24(20(2)26(29)27(23)34)32-25(33)17-21-9-5-4-6-10-21/h4-11,16,19-20,23-24,26-27,34H,12-15,17-18H2,1-3H3,(H,31,35)(H,32,33)/t19-,20-,23-,24-,26+,27-,29+/m0/s1. The van der Waals surface area contributed by atoms with E-state index in [4.69, 9.17) is 0 Å². The van der Waals surface area contributed by atoms with Gasteiger partial charge in [-0.1, -0.05) is 57.2 Å². The highest BCUT2D eigenvalue weighted by Crippen LogP contribution is 2.55. The molecule has 0 unspecified atom stereocenters. The summed E-state index contributed by atoms with van der Waals surface area (Å²) < 4.78 is 0. The van der Waals surface area contributed by atoms with Gasteiger partial charge >= 0.3 is 0 Å². The molecule has 1 aromatic carbocycles. The smallest absolute Gasteiger partial charge is 0.224 e. The van der Waals surface area contributed by atoms with E-state index in [0.717, 1.165) is 36.9 Å². The summed E-state index contributed by atoms with van der Waals surface area (Å²) in [6, 6.07) is 15.5. The quantitative estimate of drug-likeness (QED) is 0.564. The molecule has 0 aliphatic heterocycles. The third-order valence-corrected chi connectivity index (χ3v) is 8.67. The number of carbonyl (C=O) groups excluding carboxylic acids is 2. The Labute approximate surface area is 208 Å². The van der Waals surface area contributed by atoms with E-state index >= 15 is 0 Å². The Hall–Kier alpha value is -2.73. The average Bonchev–Trinajstić information content (AvgIpc) is 2.85. The summed E-state index contributed by atoms with van der Waals surface area (Å²) in [5, 5.41) is 17.8. The van der Waals surface area contributed by atoms with Crippen molar-refractivity contribution in [1.82, 2.24) is 15.6 Å². The number of nitrogens with one attached hydrogen (secondary N) is 2. The molecule has 2 aromatic rings. The fourth-order valence-corrected chi connectivity index (χ4v) is 6.57. The fourth-order valence-electron chi connectivity index (χ4n) is 6.57. The second-order valence-electron chi connectivity index (χ2n) is 10.9. The lowest BCUT2D eigenvalue weighted by Crippen LogP contribution is -2.58. The number of fused-ring (bicyclic) bond motifs is 1. The van der Waals surface area contributed by atoms with Gasteiger partial charge in [0.2, 0.25) is 11.8 Å². The number of nitrogens with zero attached hydrogens (tertiary/aromatic N) is 1. The SMILES string of the molecule is C[C@@H]1[C@@H]2[C@@H](O)[C@H]([C@H](C)C(=O)NCc3ccccn3)CC[C@]2(C)CC[C@@H]1NC(=O)Cc1ccccc1. The van der Waals surface area contributed by atoms with Crippen LogP contribution in [0.5, 0.6) is 0 Å². The molecule has 6 nitrogen and oxygen atoms in total. The van der Waals surface area contributed by atoms with Crippen LogP contribution in [0.25, 0.3) is 0 Å². The Morgan fingerprint density at radius 2 is 1.83 bits per heavy atom. The van der Waals surface area contributed by atoms with Gasteiger partial charge in [0.05, 0.1) is 24.8 Å². The second-order valence-corrected chi connectivity index (χ2v) is 10.9. The van der Waals surface area contributed by atoms with Crippen molar-refractivity contribution in [3.63, 3.8) is 0 Å². The van der Waals surface area contributed by atoms with Crippen LogP contribution >= 0.6 is 0 Å². The van der Waals surface area contributed by atoms with Crippen LogP contribution in [0.1, 0.15) is 57.7 Å². The van der Waals surface area contributed by atoms with Crippen molar-refractivity contribution in [3.8, 4) is 0 Å². The largest absolute Gasteiger partial charge is 0.392 e. The van der Waals surface area contributed by atoms with Crippen molar-refractivity contribution >= 4 is 11.8 Å². The van der Waals surface area contributed by atoms with Crippen LogP contribution in [0, 0.1) is 29.1 Å². The van der Waals surface area contributed by atoms with Crippen molar-refractivity contribution in [2.45, 2.75) is 71.6 Å². The first kappa shape index (κ1) is 25.4. The first-order chi connectivity index (χ1) is 16.8. The van der Waals surface area contributed by atoms with Gasteiger partial charge in [-0.2, -0.15) is 0 Å². The minimum absolute atomic E-state index is 0.0279. The highest BCUT2D eigenvalue weighted by Gasteiger charge is 2.53. The van der Waals surface area contributed by atoms with Crippen molar-refractivity contribution in [3.05, 3.63) is 66.0 Å². The Bertz CT molecular complexity index is 999. The lowest BCUT2D eigenvalue weighted by molar-refractivity contribution is -0.143. The summed E-state index contributed by atoms with van der Waals surface area (Å²) >= 11 is 0. The third-order valence-electron chi connectivity index (χ3n) is 8.67. The molecule has 3 N–H and O–H groups in total. The molecular weight excluding hydrogens is 438 g/mol. The molecule has 2 fully saturated rings. The molecule has 2 saturated carbocycles. The minimum atomic E-state index is -0.576. The molecule has 0 saturated heterocycles. The highest BCUT2D eigenvalue weighted by atomic mass is 16.3. The Kier molecular flexibility index (Phi) is 7.90. The fraction of sp³-hybridized carbons (Fsp3) is 0.552. The molecular formula is C29H39N3O3. The van der Waals surface area contributed by atoms with Gasteiger partial charge < -0.3 is 15.7 Å². The number of benzene rings is 1. The Morgan fingerprint density at radius 3 is 2.54 bits per heavy atom. The predicted molar refractivity (Wildman–Crippen MR) is 136 cm³/mol. The van der Waals surface area contributed by atoms with Crippen LogP contribution in [0.3, 0.4) is 0 Å². The summed E-state index contributed by atoms with van der Waals surface area (Å²) in [7, 11) is 0. The lowest BCUT2D eigenvalue weighted by Gasteiger charge is -2.56. The number of aliphatic hydroxyl groups is 1. The van der Waals surface area contributed by atoms with E-state index in [0.29, 0.717) is 13.0 Å². The predicted octanol–water partition coefficient (Wildman–Crippen LogP) is 3.88. The van der Waals surface area contributed by atoms with Gasteiger partial charge in [0, 0.05) is 18.2 Å². The van der Waals surface area contributed by atoms with Crippen LogP contribution in [0.2, 0.25) is 0 Å². The van der Waals surface area contributed by atoms with E-state index in [1.165, 1.54) is 0 Å². The normalized spacial score (nSPS) is 31.1. The molecule has 2 aliphatic carbocycles. The first-order valence-electron chi connectivity index (χ1n) is 13.0. The molecule has 6 heteroatoms. The number of aromatic nitrogens is 1. The zero-order valence-corrected chi connectivity index (χ0v) is 21.1. The summed E-state index contributed by atoms with van der Waals surface area (Å²) in [6.07, 6.45) is 5.24. The molecule has 1 heterocycles. The van der Waals surface area contributed by atoms with Crippen LogP contribution in [-0.2, 0) is 22.6 Å². The van der Waals surface area contributed by atoms with Crippen LogP contribution in [-0.4, -0.2) is 34.1 Å². The Balaban J connectivity index is 1.39. The minimum Gasteiger partial charge on any atom is -0.392 e. The van der Waals surface area contributed by atoms with Gasteiger partial charge in [-0.3, -0.25) is 14.6 Å². The van der Waals surface area contributed by atoms with Crippen molar-refractivity contribution in [1.29, 1.82) is 0 Å². The molecule has 0 bridgehead atoms. The zero-order valence-electron chi connectivity index (χ0n) is 21.1. The number of hydrogen-bond acceptors (Lipinski definition) is 4. The maximum Gasteiger partial charge on any atom is 0.224 e. The molecule has 2 aliphatic rings. The lowest BCUT2D eigenvalue weighted by atomic mass is 9.51. The van der Waals surface area contributed by atoms with Crippen LogP contribution in [0.4, 0.5) is 0 Å². The number of hydrogen-bond donors (Lipinski definition) is 3. The zero-order chi connectivity index (χ0) is 25.0. The van der Waals surface area contributed by atoms with E-state index in [2.05, 4.69) is 29.5 Å². The summed E-state index contributed by atoms with van der Waals surface area (Å²) in [4.78, 5) is 30.0. The highest BCUT2D eigenvalue weighted by molar-refractivity contribution is 5.79. The molecule has 188 valence electrons. The van der Waals surface area contributed by atoms with Gasteiger partial charge in [-0.25, -0.2) is 0 Å². The monoisotopic (exact) mass is 477 g/mol. The van der Waals surface area contributed by atoms with E-state index < -0.39 is 6.10 Å². The molecule has 7 atom stereocenters. The van der Waals surface area contributed by atoms with E-state index in [1.807, 2.05) is 55.5 Å². The van der Waals surface area contributed by atoms with E-state index in [9.17, 15) is 14.7 Å². The van der Waals surface area contributed by atoms with E-state index in [-0.39, 0.29) is 46.9 Å². The topological polar surface area (TPSA) is 91.3 Å². The first-order valence-corrected chi connectivity index (χ1v) is 13.0. The van der Waals surface area contributed by atoms with Gasteiger partial charge in [0.25, 0.3) is 0 Å². The van der Waals surface area contributed by atoms with Gasteiger partial charge in [0.15, 0.2) is 0 Å². The maximum atomic E-state index is 13.0. The summed E-state index contributed by atoms with van der Waals surface area (Å²) in [6.45, 7) is 6.76. The number of pyridine rings is 1. The van der Waals surface area contributed by atoms with Crippen molar-refractivity contribution in [2.24, 2.45) is 29.1 Å². The number of carbonyl (C=O) groups is 2.